The van der Waals surface area contributed by atoms with Gasteiger partial charge in [-0.1, -0.05) is 48.5 Å². The van der Waals surface area contributed by atoms with Gasteiger partial charge in [-0.2, -0.15) is 0 Å². The number of para-hydroxylation sites is 1. The average Bonchev–Trinajstić information content (AvgIpc) is 2.90. The fourth-order valence-electron chi connectivity index (χ4n) is 3.34. The molecule has 188 valence electrons. The highest BCUT2D eigenvalue weighted by molar-refractivity contribution is 7.90. The highest BCUT2D eigenvalue weighted by atomic mass is 32.2. The maximum absolute atomic E-state index is 13.5. The third-order valence-corrected chi connectivity index (χ3v) is 6.57. The predicted octanol–water partition coefficient (Wildman–Crippen LogP) is 4.91. The Kier molecular flexibility index (Phi) is 7.59. The van der Waals surface area contributed by atoms with Crippen LogP contribution >= 0.6 is 0 Å². The second kappa shape index (κ2) is 11.0. The van der Waals surface area contributed by atoms with Crippen molar-refractivity contribution in [3.05, 3.63) is 125 Å². The Morgan fingerprint density at radius 3 is 2.19 bits per heavy atom. The molecule has 0 aliphatic heterocycles. The Morgan fingerprint density at radius 1 is 0.730 bits per heavy atom. The summed E-state index contributed by atoms with van der Waals surface area (Å²) in [7, 11) is -4.49. The lowest BCUT2D eigenvalue weighted by atomic mass is 10.2. The van der Waals surface area contributed by atoms with Crippen molar-refractivity contribution in [1.82, 2.24) is 4.72 Å². The monoisotopic (exact) mass is 522 g/mol. The quantitative estimate of drug-likeness (QED) is 0.342. The maximum Gasteiger partial charge on any atom is 0.266 e. The zero-order chi connectivity index (χ0) is 26.4. The number of halogens is 2. The number of hydrogen-bond acceptors (Lipinski definition) is 5. The van der Waals surface area contributed by atoms with E-state index in [1.165, 1.54) is 36.4 Å². The van der Waals surface area contributed by atoms with E-state index < -0.39 is 43.9 Å². The van der Waals surface area contributed by atoms with Crippen molar-refractivity contribution in [2.24, 2.45) is 0 Å². The molecular weight excluding hydrogens is 502 g/mol. The number of ether oxygens (including phenoxy) is 1. The molecule has 0 saturated carbocycles. The topological polar surface area (TPSA) is 102 Å². The molecule has 37 heavy (non-hydrogen) atoms. The van der Waals surface area contributed by atoms with Gasteiger partial charge in [0.05, 0.1) is 5.69 Å². The van der Waals surface area contributed by atoms with Crippen LogP contribution in [0, 0.1) is 11.6 Å². The molecule has 0 saturated heterocycles. The summed E-state index contributed by atoms with van der Waals surface area (Å²) in [4.78, 5) is 24.9. The first-order valence-corrected chi connectivity index (χ1v) is 12.4. The molecule has 4 rings (SSSR count). The summed E-state index contributed by atoms with van der Waals surface area (Å²) < 4.78 is 60.0. The molecule has 7 nitrogen and oxygen atoms in total. The minimum Gasteiger partial charge on any atom is -0.489 e. The number of hydrogen-bond donors (Lipinski definition) is 2. The molecule has 0 fully saturated rings. The molecule has 0 aliphatic rings. The first-order valence-electron chi connectivity index (χ1n) is 10.9. The van der Waals surface area contributed by atoms with Crippen LogP contribution < -0.4 is 14.8 Å². The van der Waals surface area contributed by atoms with Crippen molar-refractivity contribution in [2.45, 2.75) is 11.5 Å². The van der Waals surface area contributed by atoms with Crippen molar-refractivity contribution >= 4 is 27.5 Å². The van der Waals surface area contributed by atoms with Gasteiger partial charge in [-0.15, -0.1) is 0 Å². The predicted molar refractivity (Wildman–Crippen MR) is 133 cm³/mol. The second-order valence-electron chi connectivity index (χ2n) is 7.82. The second-order valence-corrected chi connectivity index (χ2v) is 9.47. The zero-order valence-corrected chi connectivity index (χ0v) is 20.0. The summed E-state index contributed by atoms with van der Waals surface area (Å²) >= 11 is 0. The van der Waals surface area contributed by atoms with Crippen LogP contribution in [-0.4, -0.2) is 20.2 Å². The van der Waals surface area contributed by atoms with Crippen LogP contribution in [0.5, 0.6) is 5.75 Å². The molecule has 4 aromatic carbocycles. The highest BCUT2D eigenvalue weighted by Crippen LogP contribution is 2.23. The van der Waals surface area contributed by atoms with E-state index in [2.05, 4.69) is 5.32 Å². The fraction of sp³-hybridized carbons (Fsp3) is 0.0370. The molecule has 0 bridgehead atoms. The molecule has 0 spiro atoms. The Balaban J connectivity index is 1.50. The summed E-state index contributed by atoms with van der Waals surface area (Å²) in [6.07, 6.45) is 0. The van der Waals surface area contributed by atoms with Gasteiger partial charge in [0.1, 0.15) is 17.3 Å². The van der Waals surface area contributed by atoms with Crippen LogP contribution in [0.25, 0.3) is 0 Å². The van der Waals surface area contributed by atoms with Crippen molar-refractivity contribution in [3.63, 3.8) is 0 Å². The number of carbonyl (C=O) groups excluding carboxylic acids is 2. The normalized spacial score (nSPS) is 11.0. The van der Waals surface area contributed by atoms with Gasteiger partial charge in [0.15, 0.2) is 11.6 Å². The van der Waals surface area contributed by atoms with Crippen molar-refractivity contribution < 1.29 is 31.5 Å². The summed E-state index contributed by atoms with van der Waals surface area (Å²) in [5.74, 6) is -3.81. The number of nitrogens with one attached hydrogen (secondary N) is 2. The molecule has 10 heteroatoms. The Bertz CT molecular complexity index is 1560. The van der Waals surface area contributed by atoms with Gasteiger partial charge in [0.25, 0.3) is 21.8 Å². The first kappa shape index (κ1) is 25.5. The Labute approximate surface area is 211 Å². The van der Waals surface area contributed by atoms with Crippen LogP contribution in [0.2, 0.25) is 0 Å². The number of amides is 2. The number of rotatable bonds is 8. The SMILES string of the molecule is O=C(Nc1ccccc1S(=O)(=O)NC(=O)c1ccc(F)c(F)c1)c1cccc(OCc2ccccc2)c1. The van der Waals surface area contributed by atoms with E-state index in [9.17, 15) is 26.8 Å². The van der Waals surface area contributed by atoms with Crippen LogP contribution in [0.3, 0.4) is 0 Å². The Hall–Kier alpha value is -4.57. The molecular formula is C27H20F2N2O5S. The van der Waals surface area contributed by atoms with Gasteiger partial charge in [-0.3, -0.25) is 9.59 Å². The van der Waals surface area contributed by atoms with Gasteiger partial charge in [-0.25, -0.2) is 21.9 Å². The van der Waals surface area contributed by atoms with Crippen molar-refractivity contribution in [1.29, 1.82) is 0 Å². The molecule has 0 aromatic heterocycles. The third kappa shape index (κ3) is 6.36. The lowest BCUT2D eigenvalue weighted by molar-refractivity contribution is 0.0979. The summed E-state index contributed by atoms with van der Waals surface area (Å²) in [5, 5.41) is 2.53. The summed E-state index contributed by atoms with van der Waals surface area (Å²) in [5.41, 5.74) is 0.676. The lowest BCUT2D eigenvalue weighted by Gasteiger charge is -2.13. The van der Waals surface area contributed by atoms with Gasteiger partial charge in [-0.05, 0) is 54.1 Å². The number of anilines is 1. The van der Waals surface area contributed by atoms with Crippen molar-refractivity contribution in [2.75, 3.05) is 5.32 Å². The highest BCUT2D eigenvalue weighted by Gasteiger charge is 2.23. The molecule has 0 radical (unpaired) electrons. The smallest absolute Gasteiger partial charge is 0.266 e. The molecule has 0 heterocycles. The van der Waals surface area contributed by atoms with Crippen LogP contribution in [0.1, 0.15) is 26.3 Å². The van der Waals surface area contributed by atoms with Crippen molar-refractivity contribution in [3.8, 4) is 5.75 Å². The summed E-state index contributed by atoms with van der Waals surface area (Å²) in [6.45, 7) is 0.296. The number of carbonyl (C=O) groups is 2. The molecule has 0 atom stereocenters. The van der Waals surface area contributed by atoms with E-state index in [0.717, 1.165) is 11.6 Å². The summed E-state index contributed by atoms with van der Waals surface area (Å²) in [6, 6.07) is 23.5. The van der Waals surface area contributed by atoms with Gasteiger partial charge in [0, 0.05) is 11.1 Å². The first-order chi connectivity index (χ1) is 17.7. The maximum atomic E-state index is 13.5. The van der Waals surface area contributed by atoms with E-state index in [1.807, 2.05) is 30.3 Å². The fourth-order valence-corrected chi connectivity index (χ4v) is 4.48. The molecule has 4 aromatic rings. The molecule has 0 unspecified atom stereocenters. The van der Waals surface area contributed by atoms with Gasteiger partial charge >= 0.3 is 0 Å². The van der Waals surface area contributed by atoms with E-state index in [1.54, 1.807) is 16.9 Å². The zero-order valence-electron chi connectivity index (χ0n) is 19.2. The average molecular weight is 523 g/mol. The molecule has 2 N–H and O–H groups in total. The van der Waals surface area contributed by atoms with E-state index in [0.29, 0.717) is 24.5 Å². The molecule has 0 aliphatic carbocycles. The van der Waals surface area contributed by atoms with E-state index >= 15 is 0 Å². The minimum atomic E-state index is -4.49. The lowest BCUT2D eigenvalue weighted by Crippen LogP contribution is -2.31. The van der Waals surface area contributed by atoms with E-state index in [-0.39, 0.29) is 11.3 Å². The van der Waals surface area contributed by atoms with Crippen LogP contribution in [0.4, 0.5) is 14.5 Å². The third-order valence-electron chi connectivity index (χ3n) is 5.18. The molecule has 2 amide bonds. The van der Waals surface area contributed by atoms with E-state index in [4.69, 9.17) is 4.74 Å². The van der Waals surface area contributed by atoms with Crippen LogP contribution in [-0.2, 0) is 16.6 Å². The Morgan fingerprint density at radius 2 is 1.43 bits per heavy atom. The minimum absolute atomic E-state index is 0.0892. The largest absolute Gasteiger partial charge is 0.489 e. The van der Waals surface area contributed by atoms with Gasteiger partial charge in [0.2, 0.25) is 0 Å². The van der Waals surface area contributed by atoms with Gasteiger partial charge < -0.3 is 10.1 Å². The number of benzene rings is 4. The van der Waals surface area contributed by atoms with Crippen LogP contribution in [0.15, 0.2) is 102 Å². The standard InChI is InChI=1S/C27H20F2N2O5S/c28-22-14-13-20(16-23(22)29)27(33)31-37(34,35)25-12-5-4-11-24(25)30-26(32)19-9-6-10-21(15-19)36-17-18-7-2-1-3-8-18/h1-16H,17H2,(H,30,32)(H,31,33). The number of sulfonamides is 1.